The zero-order chi connectivity index (χ0) is 21.5. The van der Waals surface area contributed by atoms with Gasteiger partial charge in [-0.1, -0.05) is 18.2 Å². The van der Waals surface area contributed by atoms with Crippen LogP contribution in [-0.4, -0.2) is 72.2 Å². The van der Waals surface area contributed by atoms with Crippen LogP contribution in [0.25, 0.3) is 0 Å². The van der Waals surface area contributed by atoms with Crippen molar-refractivity contribution in [2.24, 2.45) is 0 Å². The lowest BCUT2D eigenvalue weighted by molar-refractivity contribution is 0.0247. The molecule has 0 bridgehead atoms. The Morgan fingerprint density at radius 1 is 1.43 bits per heavy atom. The van der Waals surface area contributed by atoms with Crippen LogP contribution in [0.15, 0.2) is 24.3 Å². The molecule has 0 fully saturated rings. The van der Waals surface area contributed by atoms with Crippen LogP contribution < -0.4 is 9.47 Å². The predicted molar refractivity (Wildman–Crippen MR) is 108 cm³/mol. The first-order valence-corrected chi connectivity index (χ1v) is 11.5. The van der Waals surface area contributed by atoms with Crippen LogP contribution in [0.3, 0.4) is 0 Å². The minimum atomic E-state index is -4.41. The number of hydrogen-bond acceptors (Lipinski definition) is 8. The topological polar surface area (TPSA) is 118 Å². The Labute approximate surface area is 175 Å². The van der Waals surface area contributed by atoms with Crippen molar-refractivity contribution in [3.8, 4) is 11.5 Å². The van der Waals surface area contributed by atoms with Gasteiger partial charge in [-0.25, -0.2) is 4.57 Å². The van der Waals surface area contributed by atoms with Crippen LogP contribution >= 0.6 is 7.82 Å². The van der Waals surface area contributed by atoms with Gasteiger partial charge in [0, 0.05) is 18.5 Å². The number of rotatable bonds is 7. The van der Waals surface area contributed by atoms with Gasteiger partial charge in [0.2, 0.25) is 0 Å². The number of phosphoric acid groups is 1. The average Bonchev–Trinajstić information content (AvgIpc) is 2.97. The Hall–Kier alpha value is -1.45. The van der Waals surface area contributed by atoms with Crippen LogP contribution in [0, 0.1) is 0 Å². The van der Waals surface area contributed by atoms with E-state index in [0.29, 0.717) is 12.2 Å². The van der Waals surface area contributed by atoms with E-state index in [1.165, 1.54) is 5.56 Å². The SMILES string of the molecule is COc1ccc2c3c1O[C@H]1C[C@@H](OP(=O)(O)OCC(O)CO)C=CC31CCN(C)C2. The minimum absolute atomic E-state index is 0.271. The molecule has 10 heteroatoms. The predicted octanol–water partition coefficient (Wildman–Crippen LogP) is 1.34. The number of phosphoric ester groups is 1. The van der Waals surface area contributed by atoms with Gasteiger partial charge in [-0.2, -0.15) is 0 Å². The van der Waals surface area contributed by atoms with Crippen molar-refractivity contribution in [2.75, 3.05) is 33.9 Å². The fourth-order valence-corrected chi connectivity index (χ4v) is 5.50. The van der Waals surface area contributed by atoms with E-state index in [-0.39, 0.29) is 11.5 Å². The third-order valence-electron chi connectivity index (χ3n) is 6.04. The monoisotopic (exact) mass is 441 g/mol. The number of aliphatic hydroxyl groups is 2. The van der Waals surface area contributed by atoms with Crippen molar-refractivity contribution in [1.29, 1.82) is 0 Å². The molecule has 5 atom stereocenters. The molecule has 30 heavy (non-hydrogen) atoms. The van der Waals surface area contributed by atoms with E-state index in [2.05, 4.69) is 18.0 Å². The van der Waals surface area contributed by atoms with Crippen LogP contribution in [0.5, 0.6) is 11.5 Å². The maximum absolute atomic E-state index is 12.2. The lowest BCUT2D eigenvalue weighted by Gasteiger charge is -2.37. The Balaban J connectivity index is 1.59. The van der Waals surface area contributed by atoms with Gasteiger partial charge >= 0.3 is 7.82 Å². The highest BCUT2D eigenvalue weighted by atomic mass is 31.2. The van der Waals surface area contributed by atoms with Gasteiger partial charge < -0.3 is 29.5 Å². The van der Waals surface area contributed by atoms with Crippen molar-refractivity contribution in [1.82, 2.24) is 4.90 Å². The van der Waals surface area contributed by atoms with E-state index in [4.69, 9.17) is 23.6 Å². The van der Waals surface area contributed by atoms with E-state index < -0.39 is 33.2 Å². The summed E-state index contributed by atoms with van der Waals surface area (Å²) in [5, 5.41) is 18.2. The first-order chi connectivity index (χ1) is 14.3. The second-order valence-corrected chi connectivity index (χ2v) is 9.51. The minimum Gasteiger partial charge on any atom is -0.493 e. The lowest BCUT2D eigenvalue weighted by atomic mass is 9.69. The van der Waals surface area contributed by atoms with Gasteiger partial charge in [0.05, 0.1) is 31.8 Å². The average molecular weight is 441 g/mol. The van der Waals surface area contributed by atoms with Gasteiger partial charge in [0.15, 0.2) is 11.5 Å². The zero-order valence-corrected chi connectivity index (χ0v) is 18.0. The summed E-state index contributed by atoms with van der Waals surface area (Å²) < 4.78 is 34.2. The molecular weight excluding hydrogens is 413 g/mol. The smallest absolute Gasteiger partial charge is 0.472 e. The molecule has 1 aliphatic carbocycles. The van der Waals surface area contributed by atoms with E-state index in [9.17, 15) is 14.6 Å². The van der Waals surface area contributed by atoms with Crippen molar-refractivity contribution in [2.45, 2.75) is 43.1 Å². The van der Waals surface area contributed by atoms with E-state index >= 15 is 0 Å². The molecule has 1 aromatic carbocycles. The normalized spacial score (nSPS) is 30.6. The lowest BCUT2D eigenvalue weighted by Crippen LogP contribution is -2.43. The third kappa shape index (κ3) is 3.91. The summed E-state index contributed by atoms with van der Waals surface area (Å²) in [5.74, 6) is 1.40. The molecule has 0 radical (unpaired) electrons. The van der Waals surface area contributed by atoms with Gasteiger partial charge in [-0.05, 0) is 31.6 Å². The molecule has 2 heterocycles. The second-order valence-electron chi connectivity index (χ2n) is 8.11. The Morgan fingerprint density at radius 3 is 2.97 bits per heavy atom. The van der Waals surface area contributed by atoms with Crippen LogP contribution in [-0.2, 0) is 25.6 Å². The Bertz CT molecular complexity index is 877. The number of aliphatic hydroxyl groups excluding tert-OH is 2. The molecule has 1 aromatic rings. The summed E-state index contributed by atoms with van der Waals surface area (Å²) in [5.41, 5.74) is 1.96. The van der Waals surface area contributed by atoms with Crippen LogP contribution in [0.4, 0.5) is 0 Å². The van der Waals surface area contributed by atoms with Gasteiger partial charge in [-0.15, -0.1) is 0 Å². The maximum Gasteiger partial charge on any atom is 0.472 e. The molecule has 3 unspecified atom stereocenters. The molecule has 0 aromatic heterocycles. The van der Waals surface area contributed by atoms with Crippen molar-refractivity contribution < 1.29 is 38.2 Å². The van der Waals surface area contributed by atoms with Gasteiger partial charge in [0.25, 0.3) is 0 Å². The highest BCUT2D eigenvalue weighted by Crippen LogP contribution is 2.57. The van der Waals surface area contributed by atoms with Crippen molar-refractivity contribution in [3.63, 3.8) is 0 Å². The van der Waals surface area contributed by atoms with Crippen LogP contribution in [0.1, 0.15) is 24.0 Å². The Kier molecular flexibility index (Phi) is 5.98. The molecule has 1 spiro atoms. The molecular formula is C20H28NO8P. The maximum atomic E-state index is 12.2. The molecule has 0 saturated heterocycles. The summed E-state index contributed by atoms with van der Waals surface area (Å²) in [6.45, 7) is 0.624. The van der Waals surface area contributed by atoms with Gasteiger partial charge in [-0.3, -0.25) is 9.05 Å². The van der Waals surface area contributed by atoms with E-state index in [0.717, 1.165) is 30.8 Å². The van der Waals surface area contributed by atoms with E-state index in [1.807, 2.05) is 12.1 Å². The summed E-state index contributed by atoms with van der Waals surface area (Å²) >= 11 is 0. The highest BCUT2D eigenvalue weighted by molar-refractivity contribution is 7.47. The number of benzene rings is 1. The number of hydrogen-bond donors (Lipinski definition) is 3. The second kappa shape index (κ2) is 8.24. The third-order valence-corrected chi connectivity index (χ3v) is 7.05. The standard InChI is InChI=1S/C20H28NO8P/c1-21-8-7-20-6-5-15(29-30(24,25)27-12-14(23)11-22)9-17(20)28-19-16(26-2)4-3-13(10-21)18(19)20/h3-6,14-15,17,22-23H,7-12H2,1-2H3,(H,24,25)/t14?,15-,17-,20?/m0/s1. The Morgan fingerprint density at radius 2 is 2.23 bits per heavy atom. The first-order valence-electron chi connectivity index (χ1n) is 9.97. The molecule has 9 nitrogen and oxygen atoms in total. The number of ether oxygens (including phenoxy) is 2. The molecule has 3 N–H and O–H groups in total. The molecule has 4 rings (SSSR count). The van der Waals surface area contributed by atoms with Crippen LogP contribution in [0.2, 0.25) is 0 Å². The van der Waals surface area contributed by atoms with Crippen molar-refractivity contribution in [3.05, 3.63) is 35.4 Å². The summed E-state index contributed by atoms with van der Waals surface area (Å²) in [7, 11) is -0.711. The van der Waals surface area contributed by atoms with Crippen molar-refractivity contribution >= 4 is 7.82 Å². The number of nitrogens with zero attached hydrogens (tertiary/aromatic N) is 1. The number of methoxy groups -OCH3 is 1. The largest absolute Gasteiger partial charge is 0.493 e. The fourth-order valence-electron chi connectivity index (χ4n) is 4.58. The molecule has 0 saturated carbocycles. The summed E-state index contributed by atoms with van der Waals surface area (Å²) in [4.78, 5) is 12.2. The quantitative estimate of drug-likeness (QED) is 0.426. The van der Waals surface area contributed by atoms with Gasteiger partial charge in [0.1, 0.15) is 12.2 Å². The molecule has 3 aliphatic rings. The fraction of sp³-hybridized carbons (Fsp3) is 0.600. The van der Waals surface area contributed by atoms with E-state index in [1.54, 1.807) is 13.2 Å². The molecule has 0 amide bonds. The zero-order valence-electron chi connectivity index (χ0n) is 17.1. The highest BCUT2D eigenvalue weighted by Gasteiger charge is 2.53. The molecule has 2 aliphatic heterocycles. The summed E-state index contributed by atoms with van der Waals surface area (Å²) in [6, 6.07) is 3.99. The first kappa shape index (κ1) is 21.8. The summed E-state index contributed by atoms with van der Waals surface area (Å²) in [6.07, 6.45) is 2.83. The molecule has 166 valence electrons.